The molecule has 0 aliphatic rings. The van der Waals surface area contributed by atoms with Gasteiger partial charge in [0.25, 0.3) is 0 Å². The normalized spacial score (nSPS) is 12.1. The van der Waals surface area contributed by atoms with E-state index in [4.69, 9.17) is 0 Å². The summed E-state index contributed by atoms with van der Waals surface area (Å²) in [5.74, 6) is 0. The van der Waals surface area contributed by atoms with Gasteiger partial charge in [0.15, 0.2) is 0 Å². The number of allylic oxidation sites excluding steroid dienone is 3. The van der Waals surface area contributed by atoms with Gasteiger partial charge in [0.1, 0.15) is 0 Å². The fourth-order valence-corrected chi connectivity index (χ4v) is 2.24. The van der Waals surface area contributed by atoms with E-state index in [1.54, 1.807) is 0 Å². The lowest BCUT2D eigenvalue weighted by atomic mass is 9.98. The van der Waals surface area contributed by atoms with E-state index < -0.39 is 0 Å². The molecule has 0 unspecified atom stereocenters. The number of pyridine rings is 1. The van der Waals surface area contributed by atoms with Crippen LogP contribution in [0.2, 0.25) is 0 Å². The molecule has 0 saturated heterocycles. The minimum Gasteiger partial charge on any atom is -0.262 e. The second-order valence-corrected chi connectivity index (χ2v) is 4.95. The molecule has 102 valence electrons. The molecule has 1 heteroatoms. The van der Waals surface area contributed by atoms with E-state index in [0.29, 0.717) is 0 Å². The minimum absolute atomic E-state index is 1.03. The van der Waals surface area contributed by atoms with Crippen LogP contribution >= 0.6 is 0 Å². The predicted octanol–water partition coefficient (Wildman–Crippen LogP) is 5.21. The Morgan fingerprint density at radius 1 is 1.15 bits per heavy atom. The molecular weight excluding hydrogens is 242 g/mol. The van der Waals surface area contributed by atoms with Crippen molar-refractivity contribution in [2.45, 2.75) is 27.2 Å². The van der Waals surface area contributed by atoms with Crippen LogP contribution in [0.25, 0.3) is 11.6 Å². The predicted molar refractivity (Wildman–Crippen MR) is 87.5 cm³/mol. The van der Waals surface area contributed by atoms with Crippen molar-refractivity contribution < 1.29 is 0 Å². The first kappa shape index (κ1) is 14.3. The van der Waals surface area contributed by atoms with Crippen molar-refractivity contribution in [3.8, 4) is 0 Å². The number of hydrogen-bond acceptors (Lipinski definition) is 1. The highest BCUT2D eigenvalue weighted by Gasteiger charge is 2.00. The van der Waals surface area contributed by atoms with E-state index in [2.05, 4.69) is 67.4 Å². The van der Waals surface area contributed by atoms with Gasteiger partial charge in [-0.2, -0.15) is 0 Å². The number of rotatable bonds is 4. The maximum absolute atomic E-state index is 4.23. The summed E-state index contributed by atoms with van der Waals surface area (Å²) in [5.41, 5.74) is 6.12. The minimum atomic E-state index is 1.03. The fraction of sp³-hybridized carbons (Fsp3) is 0.211. The van der Waals surface area contributed by atoms with E-state index in [1.807, 2.05) is 19.2 Å². The summed E-state index contributed by atoms with van der Waals surface area (Å²) in [7, 11) is 0. The summed E-state index contributed by atoms with van der Waals surface area (Å²) >= 11 is 0. The number of nitrogens with zero attached hydrogens (tertiary/aromatic N) is 1. The molecule has 0 saturated carbocycles. The largest absolute Gasteiger partial charge is 0.262 e. The smallest absolute Gasteiger partial charge is 0.0378 e. The molecule has 2 aromatic rings. The molecule has 2 rings (SSSR count). The molecule has 0 aliphatic carbocycles. The lowest BCUT2D eigenvalue weighted by Crippen LogP contribution is -1.86. The average molecular weight is 263 g/mol. The SMILES string of the molecule is CC/C=C(/C=C/c1ccnc(C)c1)c1ccccc1C. The standard InChI is InChI=1S/C19H21N/c1-4-7-18(19-9-6-5-8-15(19)2)11-10-17-12-13-20-16(3)14-17/h5-14H,4H2,1-3H3/b11-10+,18-7-. The van der Waals surface area contributed by atoms with E-state index in [-0.39, 0.29) is 0 Å². The molecule has 1 heterocycles. The van der Waals surface area contributed by atoms with Gasteiger partial charge in [-0.1, -0.05) is 49.4 Å². The van der Waals surface area contributed by atoms with Crippen LogP contribution in [0.5, 0.6) is 0 Å². The van der Waals surface area contributed by atoms with Gasteiger partial charge >= 0.3 is 0 Å². The van der Waals surface area contributed by atoms with E-state index >= 15 is 0 Å². The fourth-order valence-electron chi connectivity index (χ4n) is 2.24. The summed E-state index contributed by atoms with van der Waals surface area (Å²) < 4.78 is 0. The van der Waals surface area contributed by atoms with Crippen LogP contribution in [0.4, 0.5) is 0 Å². The zero-order valence-electron chi connectivity index (χ0n) is 12.4. The molecule has 0 atom stereocenters. The lowest BCUT2D eigenvalue weighted by Gasteiger charge is -2.07. The Labute approximate surface area is 121 Å². The Bertz CT molecular complexity index is 636. The zero-order chi connectivity index (χ0) is 14.4. The van der Waals surface area contributed by atoms with Crippen LogP contribution in [-0.4, -0.2) is 4.98 Å². The highest BCUT2D eigenvalue weighted by atomic mass is 14.6. The van der Waals surface area contributed by atoms with Crippen molar-refractivity contribution in [1.29, 1.82) is 0 Å². The number of aryl methyl sites for hydroxylation is 2. The zero-order valence-corrected chi connectivity index (χ0v) is 12.4. The molecule has 1 aromatic carbocycles. The molecule has 0 spiro atoms. The molecule has 0 aliphatic heterocycles. The topological polar surface area (TPSA) is 12.9 Å². The molecule has 1 nitrogen and oxygen atoms in total. The maximum atomic E-state index is 4.23. The first-order valence-corrected chi connectivity index (χ1v) is 7.07. The summed E-state index contributed by atoms with van der Waals surface area (Å²) in [5, 5.41) is 0. The van der Waals surface area contributed by atoms with Crippen LogP contribution in [0.1, 0.15) is 35.7 Å². The third-order valence-corrected chi connectivity index (χ3v) is 3.26. The van der Waals surface area contributed by atoms with Crippen molar-refractivity contribution in [2.24, 2.45) is 0 Å². The number of hydrogen-bond donors (Lipinski definition) is 0. The first-order valence-electron chi connectivity index (χ1n) is 7.07. The maximum Gasteiger partial charge on any atom is 0.0378 e. The molecule has 0 fully saturated rings. The second-order valence-electron chi connectivity index (χ2n) is 4.95. The quantitative estimate of drug-likeness (QED) is 0.690. The van der Waals surface area contributed by atoms with Gasteiger partial charge in [0.2, 0.25) is 0 Å². The Hall–Kier alpha value is -2.15. The van der Waals surface area contributed by atoms with Crippen LogP contribution in [0, 0.1) is 13.8 Å². The Morgan fingerprint density at radius 2 is 1.95 bits per heavy atom. The van der Waals surface area contributed by atoms with Crippen LogP contribution in [0.3, 0.4) is 0 Å². The highest BCUT2D eigenvalue weighted by Crippen LogP contribution is 2.21. The van der Waals surface area contributed by atoms with E-state index in [9.17, 15) is 0 Å². The monoisotopic (exact) mass is 263 g/mol. The molecule has 0 radical (unpaired) electrons. The Balaban J connectivity index is 2.32. The lowest BCUT2D eigenvalue weighted by molar-refractivity contribution is 1.20. The second kappa shape index (κ2) is 6.85. The Kier molecular flexibility index (Phi) is 4.89. The first-order chi connectivity index (χ1) is 9.70. The van der Waals surface area contributed by atoms with Gasteiger partial charge in [0.05, 0.1) is 0 Å². The van der Waals surface area contributed by atoms with Crippen molar-refractivity contribution >= 4 is 11.6 Å². The third-order valence-electron chi connectivity index (χ3n) is 3.26. The van der Waals surface area contributed by atoms with Crippen molar-refractivity contribution in [1.82, 2.24) is 4.98 Å². The van der Waals surface area contributed by atoms with Gasteiger partial charge in [-0.15, -0.1) is 0 Å². The van der Waals surface area contributed by atoms with Gasteiger partial charge in [-0.25, -0.2) is 0 Å². The van der Waals surface area contributed by atoms with Crippen LogP contribution in [0.15, 0.2) is 54.7 Å². The summed E-state index contributed by atoms with van der Waals surface area (Å²) in [6, 6.07) is 12.6. The molecule has 0 N–H and O–H groups in total. The summed E-state index contributed by atoms with van der Waals surface area (Å²) in [6.45, 7) is 6.34. The number of aromatic nitrogens is 1. The van der Waals surface area contributed by atoms with Crippen LogP contribution in [-0.2, 0) is 0 Å². The molecule has 20 heavy (non-hydrogen) atoms. The van der Waals surface area contributed by atoms with E-state index in [0.717, 1.165) is 12.1 Å². The van der Waals surface area contributed by atoms with Crippen molar-refractivity contribution in [3.63, 3.8) is 0 Å². The Morgan fingerprint density at radius 3 is 2.65 bits per heavy atom. The molecule has 0 bridgehead atoms. The van der Waals surface area contributed by atoms with Gasteiger partial charge in [-0.3, -0.25) is 4.98 Å². The number of benzene rings is 1. The van der Waals surface area contributed by atoms with Crippen molar-refractivity contribution in [3.05, 3.63) is 77.1 Å². The molecule has 0 amide bonds. The summed E-state index contributed by atoms with van der Waals surface area (Å²) in [6.07, 6.45) is 9.51. The highest BCUT2D eigenvalue weighted by molar-refractivity contribution is 5.80. The van der Waals surface area contributed by atoms with Gasteiger partial charge in [-0.05, 0) is 54.7 Å². The molecular formula is C19H21N. The van der Waals surface area contributed by atoms with Crippen LogP contribution < -0.4 is 0 Å². The van der Waals surface area contributed by atoms with Gasteiger partial charge in [0, 0.05) is 11.9 Å². The third kappa shape index (κ3) is 3.67. The molecule has 1 aromatic heterocycles. The van der Waals surface area contributed by atoms with Gasteiger partial charge < -0.3 is 0 Å². The van der Waals surface area contributed by atoms with Crippen molar-refractivity contribution in [2.75, 3.05) is 0 Å². The summed E-state index contributed by atoms with van der Waals surface area (Å²) in [4.78, 5) is 4.23. The van der Waals surface area contributed by atoms with E-state index in [1.165, 1.54) is 22.3 Å². The average Bonchev–Trinajstić information content (AvgIpc) is 2.44.